The topological polar surface area (TPSA) is 126 Å². The Balaban J connectivity index is 0. The van der Waals surface area contributed by atoms with Gasteiger partial charge in [0.2, 0.25) is 0 Å². The van der Waals surface area contributed by atoms with Crippen LogP contribution in [-0.2, 0) is 32.7 Å². The van der Waals surface area contributed by atoms with Crippen LogP contribution in [0.4, 0.5) is 0 Å². The largest absolute Gasteiger partial charge is 0.412 e. The van der Waals surface area contributed by atoms with Crippen LogP contribution in [-0.4, -0.2) is 21.9 Å². The second-order valence-electron chi connectivity index (χ2n) is 0. The first-order valence-corrected chi connectivity index (χ1v) is 0. The maximum absolute atomic E-state index is 0. The van der Waals surface area contributed by atoms with Gasteiger partial charge in [-0.15, -0.1) is 0 Å². The van der Waals surface area contributed by atoms with Crippen molar-refractivity contribution in [3.8, 4) is 0 Å². The van der Waals surface area contributed by atoms with E-state index in [1.165, 1.54) is 0 Å². The fourth-order valence-corrected chi connectivity index (χ4v) is 0. The van der Waals surface area contributed by atoms with Crippen molar-refractivity contribution >= 4 is 0 Å². The fraction of sp³-hybridized carbons (Fsp3) is 0. The van der Waals surface area contributed by atoms with E-state index in [-0.39, 0.29) is 54.6 Å². The summed E-state index contributed by atoms with van der Waals surface area (Å²) in [4.78, 5) is 0. The Labute approximate surface area is 54.7 Å². The van der Waals surface area contributed by atoms with Crippen LogP contribution in [0.25, 0.3) is 0 Å². The van der Waals surface area contributed by atoms with Crippen molar-refractivity contribution in [2.75, 3.05) is 0 Å². The van der Waals surface area contributed by atoms with E-state index in [2.05, 4.69) is 0 Å². The number of hydrogen-bond acceptors (Lipinski definition) is 0. The molecule has 0 heterocycles. The molecule has 0 aliphatic rings. The van der Waals surface area contributed by atoms with E-state index >= 15 is 0 Å². The Morgan fingerprint density at radius 1 is 0.400 bits per heavy atom. The Bertz CT molecular complexity index is 3.61. The molecule has 0 amide bonds. The first-order valence-electron chi connectivity index (χ1n) is 0. The minimum atomic E-state index is 0. The second kappa shape index (κ2) is 86.3. The SMILES string of the molecule is O.O.O.O.[Y]. The molecule has 8 N–H and O–H groups in total. The third-order valence-electron chi connectivity index (χ3n) is 0. The maximum Gasteiger partial charge on any atom is 0 e. The van der Waals surface area contributed by atoms with Gasteiger partial charge in [0.25, 0.3) is 0 Å². The molecule has 0 fully saturated rings. The molecule has 0 bridgehead atoms. The van der Waals surface area contributed by atoms with Crippen LogP contribution in [0.1, 0.15) is 0 Å². The smallest absolute Gasteiger partial charge is 0 e. The summed E-state index contributed by atoms with van der Waals surface area (Å²) in [6, 6.07) is 0. The standard InChI is InChI=1S/4H2O.Y/h4*1H2;. The number of hydrogen-bond donors (Lipinski definition) is 0. The van der Waals surface area contributed by atoms with Gasteiger partial charge in [-0.2, -0.15) is 0 Å². The van der Waals surface area contributed by atoms with E-state index in [0.29, 0.717) is 0 Å². The molecule has 4 nitrogen and oxygen atoms in total. The van der Waals surface area contributed by atoms with Crippen LogP contribution in [0.15, 0.2) is 0 Å². The molecule has 0 aliphatic heterocycles. The van der Waals surface area contributed by atoms with Crippen molar-refractivity contribution in [1.29, 1.82) is 0 Å². The summed E-state index contributed by atoms with van der Waals surface area (Å²) in [6.07, 6.45) is 0. The average Bonchev–Trinajstić information content (AvgIpc) is 0. The summed E-state index contributed by atoms with van der Waals surface area (Å²) >= 11 is 0. The third kappa shape index (κ3) is 48.1. The van der Waals surface area contributed by atoms with Gasteiger partial charge in [-0.1, -0.05) is 0 Å². The van der Waals surface area contributed by atoms with Gasteiger partial charge in [-0.05, 0) is 0 Å². The maximum atomic E-state index is 0. The molecule has 0 rings (SSSR count). The van der Waals surface area contributed by atoms with Crippen molar-refractivity contribution in [2.45, 2.75) is 0 Å². The summed E-state index contributed by atoms with van der Waals surface area (Å²) in [5.41, 5.74) is 0. The molecule has 0 atom stereocenters. The first kappa shape index (κ1) is 163. The Hall–Kier alpha value is 0.944. The van der Waals surface area contributed by atoms with E-state index in [1.807, 2.05) is 0 Å². The summed E-state index contributed by atoms with van der Waals surface area (Å²) in [5.74, 6) is 0. The van der Waals surface area contributed by atoms with Crippen molar-refractivity contribution in [1.82, 2.24) is 0 Å². The summed E-state index contributed by atoms with van der Waals surface area (Å²) in [6.45, 7) is 0. The summed E-state index contributed by atoms with van der Waals surface area (Å²) in [5, 5.41) is 0. The van der Waals surface area contributed by atoms with Gasteiger partial charge in [0.05, 0.1) is 0 Å². The molecule has 0 spiro atoms. The predicted molar refractivity (Wildman–Crippen MR) is 14.5 cm³/mol. The molecule has 1 radical (unpaired) electrons. The molecule has 0 saturated heterocycles. The summed E-state index contributed by atoms with van der Waals surface area (Å²) in [7, 11) is 0. The van der Waals surface area contributed by atoms with Gasteiger partial charge in [-0.3, -0.25) is 0 Å². The Morgan fingerprint density at radius 2 is 0.400 bits per heavy atom. The van der Waals surface area contributed by atoms with Crippen LogP contribution >= 0.6 is 0 Å². The van der Waals surface area contributed by atoms with Crippen LogP contribution in [0.2, 0.25) is 0 Å². The van der Waals surface area contributed by atoms with Crippen LogP contribution in [0, 0.1) is 0 Å². The molecule has 5 heteroatoms. The quantitative estimate of drug-likeness (QED) is 0.352. The molecule has 5 heavy (non-hydrogen) atoms. The molecule has 0 saturated carbocycles. The first-order chi connectivity index (χ1) is 0. The number of rotatable bonds is 0. The molecule has 0 aromatic heterocycles. The van der Waals surface area contributed by atoms with E-state index in [9.17, 15) is 0 Å². The van der Waals surface area contributed by atoms with Crippen molar-refractivity contribution in [3.05, 3.63) is 0 Å². The Morgan fingerprint density at radius 3 is 0.400 bits per heavy atom. The molecule has 0 aliphatic carbocycles. The van der Waals surface area contributed by atoms with Crippen LogP contribution in [0.3, 0.4) is 0 Å². The normalized spacial score (nSPS) is 0. The van der Waals surface area contributed by atoms with Gasteiger partial charge in [0.15, 0.2) is 0 Å². The monoisotopic (exact) mass is 161 g/mol. The Kier molecular flexibility index (Phi) is 2810. The molecule has 0 aromatic carbocycles. The molecule has 35 valence electrons. The molecule has 0 aromatic rings. The van der Waals surface area contributed by atoms with Gasteiger partial charge < -0.3 is 21.9 Å². The van der Waals surface area contributed by atoms with Gasteiger partial charge in [-0.25, -0.2) is 0 Å². The second-order valence-corrected chi connectivity index (χ2v) is 0. The van der Waals surface area contributed by atoms with Crippen molar-refractivity contribution in [3.63, 3.8) is 0 Å². The zero-order chi connectivity index (χ0) is 0. The van der Waals surface area contributed by atoms with Crippen molar-refractivity contribution in [2.24, 2.45) is 0 Å². The van der Waals surface area contributed by atoms with Gasteiger partial charge in [0.1, 0.15) is 0 Å². The van der Waals surface area contributed by atoms with Gasteiger partial charge >= 0.3 is 0 Å². The molecular weight excluding hydrogens is 153 g/mol. The van der Waals surface area contributed by atoms with E-state index in [4.69, 9.17) is 0 Å². The minimum Gasteiger partial charge on any atom is -0.412 e. The van der Waals surface area contributed by atoms with Crippen LogP contribution in [0.5, 0.6) is 0 Å². The fourth-order valence-electron chi connectivity index (χ4n) is 0. The van der Waals surface area contributed by atoms with E-state index in [1.54, 1.807) is 0 Å². The van der Waals surface area contributed by atoms with E-state index in [0.717, 1.165) is 0 Å². The zero-order valence-corrected chi connectivity index (χ0v) is 5.42. The van der Waals surface area contributed by atoms with Crippen molar-refractivity contribution < 1.29 is 54.6 Å². The van der Waals surface area contributed by atoms with Crippen LogP contribution < -0.4 is 0 Å². The summed E-state index contributed by atoms with van der Waals surface area (Å²) < 4.78 is 0. The third-order valence-corrected chi connectivity index (χ3v) is 0. The predicted octanol–water partition coefficient (Wildman–Crippen LogP) is -3.30. The van der Waals surface area contributed by atoms with Gasteiger partial charge in [0, 0.05) is 32.7 Å². The zero-order valence-electron chi connectivity index (χ0n) is 2.58. The molecule has 0 unspecified atom stereocenters. The van der Waals surface area contributed by atoms with E-state index < -0.39 is 0 Å². The average molecular weight is 161 g/mol. The molecular formula is H8O4Y. The minimum absolute atomic E-state index is 0.